The summed E-state index contributed by atoms with van der Waals surface area (Å²) in [7, 11) is 0. The highest BCUT2D eigenvalue weighted by molar-refractivity contribution is 5.95. The van der Waals surface area contributed by atoms with Crippen LogP contribution in [0, 0.1) is 23.7 Å². The smallest absolute Gasteiger partial charge is 0.0467 e. The quantitative estimate of drug-likeness (QED) is 0.244. The van der Waals surface area contributed by atoms with Crippen LogP contribution in [0.15, 0.2) is 121 Å². The van der Waals surface area contributed by atoms with Crippen molar-refractivity contribution < 1.29 is 0 Å². The van der Waals surface area contributed by atoms with Gasteiger partial charge in [-0.05, 0) is 101 Å². The maximum atomic E-state index is 4.00. The number of rotatable bonds is 4. The highest BCUT2D eigenvalue weighted by atomic mass is 14.9. The van der Waals surface area contributed by atoms with Crippen LogP contribution in [-0.2, 0) is 5.41 Å². The van der Waals surface area contributed by atoms with Crippen molar-refractivity contribution in [1.82, 2.24) is 0 Å². The number of para-hydroxylation sites is 1. The van der Waals surface area contributed by atoms with Crippen molar-refractivity contribution in [2.75, 3.05) is 5.32 Å². The third-order valence-electron chi connectivity index (χ3n) is 11.1. The van der Waals surface area contributed by atoms with Crippen molar-refractivity contribution in [3.8, 4) is 33.4 Å². The van der Waals surface area contributed by atoms with E-state index in [0.717, 1.165) is 29.4 Å². The summed E-state index contributed by atoms with van der Waals surface area (Å²) in [4.78, 5) is 0. The van der Waals surface area contributed by atoms with Crippen molar-refractivity contribution in [2.24, 2.45) is 23.7 Å². The Balaban J connectivity index is 1.20. The minimum Gasteiger partial charge on any atom is -0.355 e. The Morgan fingerprint density at radius 3 is 1.76 bits per heavy atom. The number of nitrogens with one attached hydrogen (secondary N) is 1. The summed E-state index contributed by atoms with van der Waals surface area (Å²) in [5, 5.41) is 4.00. The van der Waals surface area contributed by atoms with E-state index in [4.69, 9.17) is 0 Å². The molecule has 0 radical (unpaired) electrons. The maximum absolute atomic E-state index is 4.00. The van der Waals surface area contributed by atoms with E-state index in [1.54, 1.807) is 11.1 Å². The van der Waals surface area contributed by atoms with Crippen molar-refractivity contribution in [1.29, 1.82) is 0 Å². The summed E-state index contributed by atoms with van der Waals surface area (Å²) in [5.41, 5.74) is 13.7. The Morgan fingerprint density at radius 2 is 1.00 bits per heavy atom. The number of fused-ring (bicyclic) bond motifs is 3. The molecule has 1 heteroatoms. The van der Waals surface area contributed by atoms with Gasteiger partial charge in [-0.15, -0.1) is 0 Å². The summed E-state index contributed by atoms with van der Waals surface area (Å²) in [6.07, 6.45) is 7.14. The van der Waals surface area contributed by atoms with Gasteiger partial charge >= 0.3 is 0 Å². The highest BCUT2D eigenvalue weighted by Crippen LogP contribution is 2.70. The van der Waals surface area contributed by atoms with E-state index < -0.39 is 0 Å². The second kappa shape index (κ2) is 8.95. The number of hydrogen-bond donors (Lipinski definition) is 1. The average molecular weight is 530 g/mol. The van der Waals surface area contributed by atoms with E-state index in [-0.39, 0.29) is 5.41 Å². The first-order valence-electron chi connectivity index (χ1n) is 15.5. The fraction of sp³-hybridized carbons (Fsp3) is 0.250. The molecule has 4 bridgehead atoms. The molecule has 4 saturated carbocycles. The minimum absolute atomic E-state index is 0.191. The molecule has 4 fully saturated rings. The van der Waals surface area contributed by atoms with Gasteiger partial charge in [-0.1, -0.05) is 109 Å². The highest BCUT2D eigenvalue weighted by Gasteiger charge is 2.61. The fourth-order valence-corrected chi connectivity index (χ4v) is 9.87. The lowest BCUT2D eigenvalue weighted by Crippen LogP contribution is -2.55. The molecule has 0 aromatic heterocycles. The Bertz CT molecular complexity index is 1750. The molecule has 10 rings (SSSR count). The van der Waals surface area contributed by atoms with Crippen LogP contribution in [-0.4, -0.2) is 0 Å². The van der Waals surface area contributed by atoms with Crippen LogP contribution < -0.4 is 5.32 Å². The standard InChI is InChI=1S/C40H35N/c1-2-11-28(12-3-1)31-13-4-5-14-32(31)33-15-7-9-19-37(33)41-38-20-10-18-36-39(38)34-16-6-8-17-35(34)40(36)29-22-26-21-27(24-29)25-30(40)23-26/h1-20,26-27,29-30,41H,21-25H2. The zero-order chi connectivity index (χ0) is 27.0. The van der Waals surface area contributed by atoms with E-state index in [1.165, 1.54) is 71.2 Å². The third-order valence-corrected chi connectivity index (χ3v) is 11.1. The second-order valence-electron chi connectivity index (χ2n) is 13.0. The molecule has 0 heterocycles. The Hall–Kier alpha value is -4.10. The van der Waals surface area contributed by atoms with E-state index >= 15 is 0 Å². The van der Waals surface area contributed by atoms with Crippen LogP contribution in [0.2, 0.25) is 0 Å². The molecule has 200 valence electrons. The zero-order valence-electron chi connectivity index (χ0n) is 23.4. The van der Waals surface area contributed by atoms with Crippen molar-refractivity contribution in [2.45, 2.75) is 37.5 Å². The Labute approximate surface area is 243 Å². The molecular weight excluding hydrogens is 494 g/mol. The third kappa shape index (κ3) is 3.35. The molecule has 5 aliphatic carbocycles. The van der Waals surface area contributed by atoms with E-state index in [9.17, 15) is 0 Å². The van der Waals surface area contributed by atoms with Gasteiger partial charge in [0.25, 0.3) is 0 Å². The number of benzene rings is 5. The lowest BCUT2D eigenvalue weighted by molar-refractivity contribution is -0.0399. The SMILES string of the molecule is c1ccc(-c2ccccc2-c2ccccc2Nc2cccc3c2-c2ccccc2C32C3CC4CC(C3)CC2C4)cc1. The minimum atomic E-state index is 0.191. The number of anilines is 2. The Morgan fingerprint density at radius 1 is 0.439 bits per heavy atom. The van der Waals surface area contributed by atoms with Crippen LogP contribution in [0.4, 0.5) is 11.4 Å². The van der Waals surface area contributed by atoms with Gasteiger partial charge in [-0.25, -0.2) is 0 Å². The first-order valence-corrected chi connectivity index (χ1v) is 15.5. The summed E-state index contributed by atoms with van der Waals surface area (Å²) in [6.45, 7) is 0. The largest absolute Gasteiger partial charge is 0.355 e. The lowest BCUT2D eigenvalue weighted by Gasteiger charge is -2.61. The number of hydrogen-bond acceptors (Lipinski definition) is 1. The molecule has 0 unspecified atom stereocenters. The van der Waals surface area contributed by atoms with Crippen LogP contribution in [0.1, 0.15) is 43.2 Å². The molecule has 0 aliphatic heterocycles. The van der Waals surface area contributed by atoms with Crippen molar-refractivity contribution >= 4 is 11.4 Å². The molecule has 0 amide bonds. The molecule has 0 atom stereocenters. The molecule has 1 spiro atoms. The molecule has 5 aromatic rings. The predicted octanol–water partition coefficient (Wildman–Crippen LogP) is 10.5. The topological polar surface area (TPSA) is 12.0 Å². The molecule has 5 aliphatic rings. The zero-order valence-corrected chi connectivity index (χ0v) is 23.4. The van der Waals surface area contributed by atoms with Gasteiger partial charge in [0.2, 0.25) is 0 Å². The van der Waals surface area contributed by atoms with Gasteiger partial charge in [0.05, 0.1) is 0 Å². The summed E-state index contributed by atoms with van der Waals surface area (Å²) in [6, 6.07) is 44.9. The van der Waals surface area contributed by atoms with Gasteiger partial charge < -0.3 is 5.32 Å². The second-order valence-corrected chi connectivity index (χ2v) is 13.0. The van der Waals surface area contributed by atoms with Crippen molar-refractivity contribution in [3.63, 3.8) is 0 Å². The normalized spacial score (nSPS) is 26.6. The van der Waals surface area contributed by atoms with E-state index in [2.05, 4.69) is 127 Å². The van der Waals surface area contributed by atoms with Crippen LogP contribution in [0.5, 0.6) is 0 Å². The molecule has 5 aromatic carbocycles. The van der Waals surface area contributed by atoms with Gasteiger partial charge in [-0.2, -0.15) is 0 Å². The predicted molar refractivity (Wildman–Crippen MR) is 170 cm³/mol. The van der Waals surface area contributed by atoms with Gasteiger partial charge in [-0.3, -0.25) is 0 Å². The Kier molecular flexibility index (Phi) is 5.15. The van der Waals surface area contributed by atoms with E-state index in [0.29, 0.717) is 0 Å². The van der Waals surface area contributed by atoms with Gasteiger partial charge in [0, 0.05) is 27.9 Å². The van der Waals surface area contributed by atoms with Crippen LogP contribution >= 0.6 is 0 Å². The first-order chi connectivity index (χ1) is 20.3. The van der Waals surface area contributed by atoms with Gasteiger partial charge in [0.15, 0.2) is 0 Å². The van der Waals surface area contributed by atoms with Gasteiger partial charge in [0.1, 0.15) is 0 Å². The molecular formula is C40H35N. The summed E-state index contributed by atoms with van der Waals surface area (Å²) < 4.78 is 0. The summed E-state index contributed by atoms with van der Waals surface area (Å²) >= 11 is 0. The maximum Gasteiger partial charge on any atom is 0.0467 e. The molecule has 0 saturated heterocycles. The monoisotopic (exact) mass is 529 g/mol. The average Bonchev–Trinajstić information content (AvgIpc) is 3.32. The van der Waals surface area contributed by atoms with E-state index in [1.807, 2.05) is 0 Å². The van der Waals surface area contributed by atoms with Crippen LogP contribution in [0.3, 0.4) is 0 Å². The van der Waals surface area contributed by atoms with Crippen molar-refractivity contribution in [3.05, 3.63) is 132 Å². The lowest BCUT2D eigenvalue weighted by atomic mass is 9.43. The molecule has 1 N–H and O–H groups in total. The first kappa shape index (κ1) is 23.6. The molecule has 1 nitrogen and oxygen atoms in total. The summed E-state index contributed by atoms with van der Waals surface area (Å²) in [5.74, 6) is 3.47. The fourth-order valence-electron chi connectivity index (χ4n) is 9.87. The molecule has 41 heavy (non-hydrogen) atoms. The van der Waals surface area contributed by atoms with Crippen LogP contribution in [0.25, 0.3) is 33.4 Å².